The lowest BCUT2D eigenvalue weighted by Gasteiger charge is -2.24. The minimum Gasteiger partial charge on any atom is -0.162 e. The fraction of sp³-hybridized carbons (Fsp3) is 1.00. The van der Waals surface area contributed by atoms with Gasteiger partial charge in [-0.15, -0.1) is 0 Å². The summed E-state index contributed by atoms with van der Waals surface area (Å²) in [6.45, 7) is 7.06. The molecule has 2 unspecified atom stereocenters. The van der Waals surface area contributed by atoms with Gasteiger partial charge < -0.3 is 0 Å². The highest BCUT2D eigenvalue weighted by Crippen LogP contribution is 2.35. The molecule has 0 N–H and O–H groups in total. The summed E-state index contributed by atoms with van der Waals surface area (Å²) in [5, 5.41) is 0. The smallest absolute Gasteiger partial charge is 0.00362 e. The molecule has 78 valence electrons. The Labute approximate surface area is 87.9 Å². The summed E-state index contributed by atoms with van der Waals surface area (Å²) in [5.41, 5.74) is 0. The van der Waals surface area contributed by atoms with E-state index in [4.69, 9.17) is 0 Å². The largest absolute Gasteiger partial charge is 0.162 e. The quantitative estimate of drug-likeness (QED) is 0.641. The van der Waals surface area contributed by atoms with Crippen molar-refractivity contribution in [3.63, 3.8) is 0 Å². The van der Waals surface area contributed by atoms with Crippen LogP contribution in [0.3, 0.4) is 0 Å². The fourth-order valence-electron chi connectivity index (χ4n) is 2.45. The van der Waals surface area contributed by atoms with Gasteiger partial charge in [0.25, 0.3) is 0 Å². The zero-order valence-corrected chi connectivity index (χ0v) is 10.2. The van der Waals surface area contributed by atoms with Gasteiger partial charge in [-0.3, -0.25) is 0 Å². The highest BCUT2D eigenvalue weighted by atomic mass is 32.2. The first kappa shape index (κ1) is 11.4. The van der Waals surface area contributed by atoms with E-state index in [1.807, 2.05) is 0 Å². The lowest BCUT2D eigenvalue weighted by atomic mass is 9.82. The van der Waals surface area contributed by atoms with E-state index in [1.54, 1.807) is 0 Å². The monoisotopic (exact) mass is 200 g/mol. The van der Waals surface area contributed by atoms with Crippen molar-refractivity contribution in [1.82, 2.24) is 0 Å². The Bertz CT molecular complexity index is 125. The van der Waals surface area contributed by atoms with Crippen LogP contribution in [0, 0.1) is 17.8 Å². The van der Waals surface area contributed by atoms with E-state index < -0.39 is 0 Å². The average molecular weight is 200 g/mol. The van der Waals surface area contributed by atoms with Crippen molar-refractivity contribution in [2.24, 2.45) is 17.8 Å². The second kappa shape index (κ2) is 5.95. The van der Waals surface area contributed by atoms with Gasteiger partial charge in [-0.1, -0.05) is 33.6 Å². The molecule has 0 saturated carbocycles. The summed E-state index contributed by atoms with van der Waals surface area (Å²) >= 11 is 2.16. The Hall–Kier alpha value is 0.350. The molecule has 13 heavy (non-hydrogen) atoms. The maximum atomic E-state index is 2.37. The van der Waals surface area contributed by atoms with Crippen LogP contribution in [0.2, 0.25) is 0 Å². The number of rotatable bonds is 5. The van der Waals surface area contributed by atoms with Crippen molar-refractivity contribution >= 4 is 11.8 Å². The summed E-state index contributed by atoms with van der Waals surface area (Å²) < 4.78 is 0. The summed E-state index contributed by atoms with van der Waals surface area (Å²) in [4.78, 5) is 0. The Morgan fingerprint density at radius 3 is 2.62 bits per heavy atom. The minimum atomic E-state index is 0.891. The molecule has 1 saturated heterocycles. The second-order valence-electron chi connectivity index (χ2n) is 4.80. The third kappa shape index (κ3) is 3.93. The van der Waals surface area contributed by atoms with Crippen LogP contribution in [-0.4, -0.2) is 11.5 Å². The van der Waals surface area contributed by atoms with E-state index in [-0.39, 0.29) is 0 Å². The molecule has 0 nitrogen and oxygen atoms in total. The van der Waals surface area contributed by atoms with Crippen molar-refractivity contribution in [1.29, 1.82) is 0 Å². The topological polar surface area (TPSA) is 0 Å². The molecule has 0 amide bonds. The molecule has 1 heterocycles. The van der Waals surface area contributed by atoms with E-state index in [1.165, 1.54) is 37.2 Å². The predicted molar refractivity (Wildman–Crippen MR) is 63.3 cm³/mol. The Morgan fingerprint density at radius 1 is 1.38 bits per heavy atom. The molecule has 0 spiro atoms. The lowest BCUT2D eigenvalue weighted by Crippen LogP contribution is -2.16. The molecule has 0 bridgehead atoms. The number of hydrogen-bond donors (Lipinski definition) is 0. The van der Waals surface area contributed by atoms with E-state index >= 15 is 0 Å². The van der Waals surface area contributed by atoms with E-state index in [0.717, 1.165) is 17.8 Å². The molecule has 0 aromatic carbocycles. The number of hydrogen-bond acceptors (Lipinski definition) is 1. The van der Waals surface area contributed by atoms with Crippen LogP contribution >= 0.6 is 11.8 Å². The maximum Gasteiger partial charge on any atom is -0.00362 e. The molecule has 0 aromatic heterocycles. The van der Waals surface area contributed by atoms with Crippen LogP contribution in [-0.2, 0) is 0 Å². The third-order valence-electron chi connectivity index (χ3n) is 3.07. The number of thioether (sulfide) groups is 1. The van der Waals surface area contributed by atoms with Crippen LogP contribution in [0.25, 0.3) is 0 Å². The van der Waals surface area contributed by atoms with E-state index in [0.29, 0.717) is 0 Å². The van der Waals surface area contributed by atoms with Crippen molar-refractivity contribution < 1.29 is 0 Å². The molecular formula is C12H24S. The molecular weight excluding hydrogens is 176 g/mol. The zero-order chi connectivity index (χ0) is 9.68. The maximum absolute atomic E-state index is 2.37. The van der Waals surface area contributed by atoms with Crippen LogP contribution in [0.5, 0.6) is 0 Å². The summed E-state index contributed by atoms with van der Waals surface area (Å²) in [6, 6.07) is 0. The van der Waals surface area contributed by atoms with Gasteiger partial charge in [-0.05, 0) is 42.1 Å². The van der Waals surface area contributed by atoms with Crippen LogP contribution in [0.4, 0.5) is 0 Å². The SMILES string of the molecule is CCCC(CC(C)C)C1CCSC1. The summed E-state index contributed by atoms with van der Waals surface area (Å²) in [6.07, 6.45) is 5.78. The van der Waals surface area contributed by atoms with Crippen LogP contribution < -0.4 is 0 Å². The van der Waals surface area contributed by atoms with E-state index in [2.05, 4.69) is 32.5 Å². The van der Waals surface area contributed by atoms with Crippen molar-refractivity contribution in [3.05, 3.63) is 0 Å². The highest BCUT2D eigenvalue weighted by Gasteiger charge is 2.24. The summed E-state index contributed by atoms with van der Waals surface area (Å²) in [7, 11) is 0. The van der Waals surface area contributed by atoms with Crippen molar-refractivity contribution in [2.45, 2.75) is 46.5 Å². The first-order chi connectivity index (χ1) is 6.24. The average Bonchev–Trinajstić information content (AvgIpc) is 2.54. The van der Waals surface area contributed by atoms with Gasteiger partial charge in [0, 0.05) is 0 Å². The Kier molecular flexibility index (Phi) is 5.23. The van der Waals surface area contributed by atoms with Gasteiger partial charge in [0.1, 0.15) is 0 Å². The molecule has 1 fully saturated rings. The molecule has 1 aliphatic heterocycles. The predicted octanol–water partition coefficient (Wildman–Crippen LogP) is 4.20. The molecule has 2 atom stereocenters. The second-order valence-corrected chi connectivity index (χ2v) is 5.95. The van der Waals surface area contributed by atoms with Crippen molar-refractivity contribution in [2.75, 3.05) is 11.5 Å². The van der Waals surface area contributed by atoms with Gasteiger partial charge in [0.05, 0.1) is 0 Å². The third-order valence-corrected chi connectivity index (χ3v) is 4.25. The summed E-state index contributed by atoms with van der Waals surface area (Å²) in [5.74, 6) is 5.83. The van der Waals surface area contributed by atoms with Gasteiger partial charge in [0.15, 0.2) is 0 Å². The van der Waals surface area contributed by atoms with Crippen molar-refractivity contribution in [3.8, 4) is 0 Å². The molecule has 1 aliphatic rings. The molecule has 0 aliphatic carbocycles. The minimum absolute atomic E-state index is 0.891. The Morgan fingerprint density at radius 2 is 2.15 bits per heavy atom. The highest BCUT2D eigenvalue weighted by molar-refractivity contribution is 7.99. The molecule has 0 aromatic rings. The first-order valence-electron chi connectivity index (χ1n) is 5.81. The van der Waals surface area contributed by atoms with Gasteiger partial charge in [-0.2, -0.15) is 11.8 Å². The van der Waals surface area contributed by atoms with Gasteiger partial charge in [-0.25, -0.2) is 0 Å². The fourth-order valence-corrected chi connectivity index (χ4v) is 3.82. The van der Waals surface area contributed by atoms with Crippen LogP contribution in [0.15, 0.2) is 0 Å². The normalized spacial score (nSPS) is 25.4. The molecule has 1 heteroatoms. The van der Waals surface area contributed by atoms with E-state index in [9.17, 15) is 0 Å². The standard InChI is InChI=1S/C12H24S/c1-4-5-11(8-10(2)3)12-6-7-13-9-12/h10-12H,4-9H2,1-3H3. The first-order valence-corrected chi connectivity index (χ1v) is 6.97. The lowest BCUT2D eigenvalue weighted by molar-refractivity contribution is 0.284. The Balaban J connectivity index is 2.35. The zero-order valence-electron chi connectivity index (χ0n) is 9.38. The van der Waals surface area contributed by atoms with Crippen LogP contribution in [0.1, 0.15) is 46.5 Å². The van der Waals surface area contributed by atoms with Gasteiger partial charge in [0.2, 0.25) is 0 Å². The molecule has 1 rings (SSSR count). The van der Waals surface area contributed by atoms with Gasteiger partial charge >= 0.3 is 0 Å². The molecule has 0 radical (unpaired) electrons.